The molecule has 18 heavy (non-hydrogen) atoms. The fourth-order valence-electron chi connectivity index (χ4n) is 2.14. The van der Waals surface area contributed by atoms with E-state index in [0.29, 0.717) is 15.6 Å². The second-order valence-corrected chi connectivity index (χ2v) is 5.52. The number of nitrogens with zero attached hydrogens (tertiary/aromatic N) is 1. The number of halogens is 2. The molecule has 1 aliphatic rings. The SMILES string of the molecule is CN1CCC(NC(=O)c2ccc(Br)c(CF)c2)C1. The summed E-state index contributed by atoms with van der Waals surface area (Å²) in [6.45, 7) is 1.30. The third-order valence-electron chi connectivity index (χ3n) is 3.18. The lowest BCUT2D eigenvalue weighted by Crippen LogP contribution is -2.36. The number of carbonyl (C=O) groups is 1. The Balaban J connectivity index is 2.04. The summed E-state index contributed by atoms with van der Waals surface area (Å²) in [5, 5.41) is 2.98. The topological polar surface area (TPSA) is 32.3 Å². The van der Waals surface area contributed by atoms with Gasteiger partial charge >= 0.3 is 0 Å². The molecule has 1 aromatic rings. The van der Waals surface area contributed by atoms with Crippen molar-refractivity contribution in [2.75, 3.05) is 20.1 Å². The fourth-order valence-corrected chi connectivity index (χ4v) is 2.49. The molecule has 5 heteroatoms. The van der Waals surface area contributed by atoms with Crippen molar-refractivity contribution in [3.63, 3.8) is 0 Å². The van der Waals surface area contributed by atoms with Crippen molar-refractivity contribution in [2.24, 2.45) is 0 Å². The molecule has 0 bridgehead atoms. The van der Waals surface area contributed by atoms with Crippen LogP contribution in [0.3, 0.4) is 0 Å². The average Bonchev–Trinajstić information content (AvgIpc) is 2.75. The van der Waals surface area contributed by atoms with E-state index in [1.54, 1.807) is 18.2 Å². The van der Waals surface area contributed by atoms with Crippen molar-refractivity contribution in [1.82, 2.24) is 10.2 Å². The van der Waals surface area contributed by atoms with Crippen LogP contribution >= 0.6 is 15.9 Å². The Bertz CT molecular complexity index is 453. The molecule has 1 aromatic carbocycles. The summed E-state index contributed by atoms with van der Waals surface area (Å²) in [4.78, 5) is 14.2. The van der Waals surface area contributed by atoms with Gasteiger partial charge in [0.2, 0.25) is 0 Å². The molecule has 1 saturated heterocycles. The van der Waals surface area contributed by atoms with Crippen LogP contribution in [0.4, 0.5) is 4.39 Å². The molecule has 2 rings (SSSR count). The normalized spacial score (nSPS) is 20.1. The molecule has 0 radical (unpaired) electrons. The van der Waals surface area contributed by atoms with Gasteiger partial charge < -0.3 is 10.2 Å². The molecule has 0 aromatic heterocycles. The Morgan fingerprint density at radius 3 is 3.00 bits per heavy atom. The number of alkyl halides is 1. The van der Waals surface area contributed by atoms with Crippen LogP contribution in [0, 0.1) is 0 Å². The maximum absolute atomic E-state index is 12.7. The van der Waals surface area contributed by atoms with Gasteiger partial charge in [0.25, 0.3) is 5.91 Å². The molecule has 1 N–H and O–H groups in total. The van der Waals surface area contributed by atoms with Crippen LogP contribution < -0.4 is 5.32 Å². The Hall–Kier alpha value is -0.940. The first-order valence-electron chi connectivity index (χ1n) is 5.94. The lowest BCUT2D eigenvalue weighted by molar-refractivity contribution is 0.0938. The van der Waals surface area contributed by atoms with Gasteiger partial charge in [0.15, 0.2) is 0 Å². The minimum Gasteiger partial charge on any atom is -0.348 e. The van der Waals surface area contributed by atoms with Crippen LogP contribution in [-0.2, 0) is 6.67 Å². The number of nitrogens with one attached hydrogen (secondary N) is 1. The number of likely N-dealkylation sites (N-methyl/N-ethyl adjacent to an activating group) is 1. The van der Waals surface area contributed by atoms with Gasteiger partial charge in [0.1, 0.15) is 6.67 Å². The van der Waals surface area contributed by atoms with Crippen LogP contribution in [0.2, 0.25) is 0 Å². The zero-order chi connectivity index (χ0) is 13.1. The van der Waals surface area contributed by atoms with Gasteiger partial charge in [-0.3, -0.25) is 4.79 Å². The van der Waals surface area contributed by atoms with Crippen molar-refractivity contribution in [2.45, 2.75) is 19.1 Å². The smallest absolute Gasteiger partial charge is 0.251 e. The predicted molar refractivity (Wildman–Crippen MR) is 72.3 cm³/mol. The number of hydrogen-bond donors (Lipinski definition) is 1. The third-order valence-corrected chi connectivity index (χ3v) is 3.95. The summed E-state index contributed by atoms with van der Waals surface area (Å²) < 4.78 is 13.4. The third kappa shape index (κ3) is 3.09. The van der Waals surface area contributed by atoms with Gasteiger partial charge in [-0.05, 0) is 43.8 Å². The van der Waals surface area contributed by atoms with Crippen molar-refractivity contribution in [3.8, 4) is 0 Å². The summed E-state index contributed by atoms with van der Waals surface area (Å²) in [5.74, 6) is -0.127. The predicted octanol–water partition coefficient (Wildman–Crippen LogP) is 2.35. The molecule has 1 amide bonds. The zero-order valence-corrected chi connectivity index (χ0v) is 11.8. The fraction of sp³-hybridized carbons (Fsp3) is 0.462. The van der Waals surface area contributed by atoms with Gasteiger partial charge in [-0.2, -0.15) is 0 Å². The highest BCUT2D eigenvalue weighted by molar-refractivity contribution is 9.10. The quantitative estimate of drug-likeness (QED) is 0.929. The number of likely N-dealkylation sites (tertiary alicyclic amines) is 1. The van der Waals surface area contributed by atoms with E-state index >= 15 is 0 Å². The molecule has 1 unspecified atom stereocenters. The molecule has 1 fully saturated rings. The van der Waals surface area contributed by atoms with E-state index < -0.39 is 6.67 Å². The molecule has 3 nitrogen and oxygen atoms in total. The van der Waals surface area contributed by atoms with Gasteiger partial charge in [-0.25, -0.2) is 4.39 Å². The van der Waals surface area contributed by atoms with Gasteiger partial charge in [0.05, 0.1) is 0 Å². The van der Waals surface area contributed by atoms with Gasteiger partial charge in [-0.15, -0.1) is 0 Å². The summed E-state index contributed by atoms with van der Waals surface area (Å²) in [7, 11) is 2.03. The van der Waals surface area contributed by atoms with Crippen LogP contribution in [0.1, 0.15) is 22.3 Å². The first kappa shape index (κ1) is 13.5. The highest BCUT2D eigenvalue weighted by Gasteiger charge is 2.21. The highest BCUT2D eigenvalue weighted by Crippen LogP contribution is 2.19. The molecule has 1 heterocycles. The highest BCUT2D eigenvalue weighted by atomic mass is 79.9. The Morgan fingerprint density at radius 2 is 2.39 bits per heavy atom. The van der Waals surface area contributed by atoms with Crippen molar-refractivity contribution >= 4 is 21.8 Å². The molecule has 1 atom stereocenters. The second-order valence-electron chi connectivity index (χ2n) is 4.66. The number of amides is 1. The summed E-state index contributed by atoms with van der Waals surface area (Å²) in [5.41, 5.74) is 1.02. The standard InChI is InChI=1S/C13H16BrFN2O/c1-17-5-4-11(8-17)16-13(18)9-2-3-12(14)10(6-9)7-15/h2-3,6,11H,4-5,7-8H2,1H3,(H,16,18). The molecular formula is C13H16BrFN2O. The van der Waals surface area contributed by atoms with Crippen molar-refractivity contribution in [3.05, 3.63) is 33.8 Å². The van der Waals surface area contributed by atoms with E-state index in [0.717, 1.165) is 19.5 Å². The van der Waals surface area contributed by atoms with Gasteiger partial charge in [-0.1, -0.05) is 15.9 Å². The first-order valence-corrected chi connectivity index (χ1v) is 6.73. The van der Waals surface area contributed by atoms with E-state index in [1.807, 2.05) is 7.05 Å². The van der Waals surface area contributed by atoms with E-state index in [1.165, 1.54) is 0 Å². The second kappa shape index (κ2) is 5.80. The van der Waals surface area contributed by atoms with E-state index in [9.17, 15) is 9.18 Å². The Kier molecular flexibility index (Phi) is 4.35. The molecule has 0 spiro atoms. The molecule has 0 aliphatic carbocycles. The largest absolute Gasteiger partial charge is 0.348 e. The minimum absolute atomic E-state index is 0.127. The monoisotopic (exact) mass is 314 g/mol. The van der Waals surface area contributed by atoms with E-state index in [-0.39, 0.29) is 11.9 Å². The van der Waals surface area contributed by atoms with Gasteiger partial charge in [0, 0.05) is 22.6 Å². The molecule has 0 saturated carbocycles. The van der Waals surface area contributed by atoms with E-state index in [2.05, 4.69) is 26.1 Å². The number of rotatable bonds is 3. The first-order chi connectivity index (χ1) is 8.60. The zero-order valence-electron chi connectivity index (χ0n) is 10.2. The number of hydrogen-bond acceptors (Lipinski definition) is 2. The maximum Gasteiger partial charge on any atom is 0.251 e. The van der Waals surface area contributed by atoms with Crippen molar-refractivity contribution in [1.29, 1.82) is 0 Å². The Morgan fingerprint density at radius 1 is 1.61 bits per heavy atom. The van der Waals surface area contributed by atoms with Crippen LogP contribution in [0.25, 0.3) is 0 Å². The molecule has 1 aliphatic heterocycles. The summed E-state index contributed by atoms with van der Waals surface area (Å²) in [6.07, 6.45) is 0.967. The van der Waals surface area contributed by atoms with E-state index in [4.69, 9.17) is 0 Å². The van der Waals surface area contributed by atoms with Crippen molar-refractivity contribution < 1.29 is 9.18 Å². The minimum atomic E-state index is -0.576. The van der Waals surface area contributed by atoms with Crippen LogP contribution in [0.5, 0.6) is 0 Å². The Labute approximate surface area is 114 Å². The maximum atomic E-state index is 12.7. The molecular weight excluding hydrogens is 299 g/mol. The average molecular weight is 315 g/mol. The lowest BCUT2D eigenvalue weighted by Gasteiger charge is -2.13. The van der Waals surface area contributed by atoms with Crippen LogP contribution in [0.15, 0.2) is 22.7 Å². The lowest BCUT2D eigenvalue weighted by atomic mass is 10.1. The number of benzene rings is 1. The molecule has 98 valence electrons. The van der Waals surface area contributed by atoms with Crippen LogP contribution in [-0.4, -0.2) is 37.0 Å². The number of carbonyl (C=O) groups excluding carboxylic acids is 1. The summed E-state index contributed by atoms with van der Waals surface area (Å²) in [6, 6.07) is 5.21. The summed E-state index contributed by atoms with van der Waals surface area (Å²) >= 11 is 3.26.